The highest BCUT2D eigenvalue weighted by molar-refractivity contribution is 9.10. The molecule has 2 aromatic carbocycles. The molecule has 1 atom stereocenters. The lowest BCUT2D eigenvalue weighted by atomic mass is 10.0. The van der Waals surface area contributed by atoms with Crippen molar-refractivity contribution in [1.29, 1.82) is 0 Å². The molecule has 0 radical (unpaired) electrons. The summed E-state index contributed by atoms with van der Waals surface area (Å²) < 4.78 is 0.823. The summed E-state index contributed by atoms with van der Waals surface area (Å²) in [7, 11) is 0. The molecular weight excluding hydrogens is 322 g/mol. The van der Waals surface area contributed by atoms with E-state index in [2.05, 4.69) is 21.2 Å². The minimum Gasteiger partial charge on any atom is -0.507 e. The van der Waals surface area contributed by atoms with Gasteiger partial charge in [0.2, 0.25) is 0 Å². The molecule has 106 valence electrons. The Kier molecular flexibility index (Phi) is 5.00. The summed E-state index contributed by atoms with van der Waals surface area (Å²) in [5, 5.41) is 31.4. The first-order chi connectivity index (χ1) is 9.63. The maximum absolute atomic E-state index is 9.97. The molecule has 20 heavy (non-hydrogen) atoms. The van der Waals surface area contributed by atoms with Gasteiger partial charge >= 0.3 is 0 Å². The van der Waals surface area contributed by atoms with E-state index < -0.39 is 6.10 Å². The van der Waals surface area contributed by atoms with E-state index in [0.29, 0.717) is 5.56 Å². The third-order valence-electron chi connectivity index (χ3n) is 2.93. The van der Waals surface area contributed by atoms with Gasteiger partial charge in [0.05, 0.1) is 18.4 Å². The standard InChI is InChI=1S/C15H16BrNO3/c16-13-6-3-5-12(11-4-1-2-7-14(11)20)15(13)17-8-10(19)9-18/h1-7,10,17-20H,8-9H2. The SMILES string of the molecule is OCC(O)CNc1c(Br)cccc1-c1ccccc1O. The average molecular weight is 338 g/mol. The predicted molar refractivity (Wildman–Crippen MR) is 82.8 cm³/mol. The second kappa shape index (κ2) is 6.74. The quantitative estimate of drug-likeness (QED) is 0.676. The maximum atomic E-state index is 9.97. The summed E-state index contributed by atoms with van der Waals surface area (Å²) in [6.45, 7) is -0.0803. The molecule has 0 spiro atoms. The van der Waals surface area contributed by atoms with Crippen LogP contribution in [0.4, 0.5) is 5.69 Å². The molecule has 4 nitrogen and oxygen atoms in total. The summed E-state index contributed by atoms with van der Waals surface area (Å²) in [5.41, 5.74) is 2.29. The van der Waals surface area contributed by atoms with Crippen LogP contribution >= 0.6 is 15.9 Å². The van der Waals surface area contributed by atoms with E-state index in [4.69, 9.17) is 5.11 Å². The summed E-state index contributed by atoms with van der Waals surface area (Å²) in [4.78, 5) is 0. The van der Waals surface area contributed by atoms with E-state index >= 15 is 0 Å². The number of hydrogen-bond acceptors (Lipinski definition) is 4. The van der Waals surface area contributed by atoms with Crippen LogP contribution in [0.5, 0.6) is 5.75 Å². The van der Waals surface area contributed by atoms with Crippen LogP contribution in [0.1, 0.15) is 0 Å². The van der Waals surface area contributed by atoms with Crippen molar-refractivity contribution in [2.24, 2.45) is 0 Å². The predicted octanol–water partition coefficient (Wildman–Crippen LogP) is 2.59. The lowest BCUT2D eigenvalue weighted by molar-refractivity contribution is 0.105. The van der Waals surface area contributed by atoms with E-state index in [1.54, 1.807) is 12.1 Å². The fourth-order valence-corrected chi connectivity index (χ4v) is 2.42. The van der Waals surface area contributed by atoms with Crippen molar-refractivity contribution in [3.8, 4) is 16.9 Å². The number of aromatic hydroxyl groups is 1. The first-order valence-electron chi connectivity index (χ1n) is 6.23. The van der Waals surface area contributed by atoms with Crippen LogP contribution in [0.25, 0.3) is 11.1 Å². The number of rotatable bonds is 5. The molecule has 0 aliphatic carbocycles. The number of phenolic OH excluding ortho intramolecular Hbond substituents is 1. The minimum absolute atomic E-state index is 0.191. The lowest BCUT2D eigenvalue weighted by Gasteiger charge is -2.16. The Hall–Kier alpha value is -1.56. The fraction of sp³-hybridized carbons (Fsp3) is 0.200. The molecule has 1 unspecified atom stereocenters. The topological polar surface area (TPSA) is 72.7 Å². The highest BCUT2D eigenvalue weighted by atomic mass is 79.9. The summed E-state index contributed by atoms with van der Waals surface area (Å²) in [6.07, 6.45) is -0.834. The van der Waals surface area contributed by atoms with E-state index in [1.165, 1.54) is 0 Å². The molecule has 0 heterocycles. The maximum Gasteiger partial charge on any atom is 0.123 e. The van der Waals surface area contributed by atoms with Gasteiger partial charge in [-0.15, -0.1) is 0 Å². The van der Waals surface area contributed by atoms with Crippen molar-refractivity contribution in [1.82, 2.24) is 0 Å². The summed E-state index contributed by atoms with van der Waals surface area (Å²) >= 11 is 3.45. The number of benzene rings is 2. The van der Waals surface area contributed by atoms with Crippen LogP contribution in [-0.4, -0.2) is 34.6 Å². The van der Waals surface area contributed by atoms with Crippen LogP contribution in [0, 0.1) is 0 Å². The van der Waals surface area contributed by atoms with Gasteiger partial charge in [-0.3, -0.25) is 0 Å². The van der Waals surface area contributed by atoms with Crippen molar-refractivity contribution in [3.63, 3.8) is 0 Å². The van der Waals surface area contributed by atoms with Crippen molar-refractivity contribution in [2.75, 3.05) is 18.5 Å². The number of anilines is 1. The van der Waals surface area contributed by atoms with E-state index in [-0.39, 0.29) is 18.9 Å². The Morgan fingerprint density at radius 1 is 1.05 bits per heavy atom. The van der Waals surface area contributed by atoms with Gasteiger partial charge in [0, 0.05) is 22.1 Å². The Morgan fingerprint density at radius 2 is 1.75 bits per heavy atom. The smallest absolute Gasteiger partial charge is 0.123 e. The second-order valence-electron chi connectivity index (χ2n) is 4.40. The average Bonchev–Trinajstić information content (AvgIpc) is 2.46. The molecule has 4 N–H and O–H groups in total. The number of aliphatic hydroxyl groups excluding tert-OH is 2. The van der Waals surface area contributed by atoms with Gasteiger partial charge in [0.1, 0.15) is 5.75 Å². The van der Waals surface area contributed by atoms with Crippen LogP contribution in [0.2, 0.25) is 0 Å². The zero-order valence-electron chi connectivity index (χ0n) is 10.8. The molecule has 0 bridgehead atoms. The number of nitrogens with one attached hydrogen (secondary N) is 1. The molecule has 0 amide bonds. The van der Waals surface area contributed by atoms with E-state index in [9.17, 15) is 10.2 Å². The molecule has 0 aromatic heterocycles. The Balaban J connectivity index is 2.39. The van der Waals surface area contributed by atoms with Crippen molar-refractivity contribution >= 4 is 21.6 Å². The van der Waals surface area contributed by atoms with Gasteiger partial charge in [-0.05, 0) is 28.1 Å². The molecule has 0 saturated carbocycles. The normalized spacial score (nSPS) is 12.2. The number of aliphatic hydroxyl groups is 2. The first kappa shape index (κ1) is 14.8. The minimum atomic E-state index is -0.834. The van der Waals surface area contributed by atoms with Crippen LogP contribution in [0.3, 0.4) is 0 Å². The van der Waals surface area contributed by atoms with E-state index in [0.717, 1.165) is 15.7 Å². The van der Waals surface area contributed by atoms with Gasteiger partial charge in [-0.2, -0.15) is 0 Å². The zero-order valence-corrected chi connectivity index (χ0v) is 12.3. The molecule has 0 saturated heterocycles. The van der Waals surface area contributed by atoms with E-state index in [1.807, 2.05) is 30.3 Å². The fourth-order valence-electron chi connectivity index (χ4n) is 1.91. The molecular formula is C15H16BrNO3. The van der Waals surface area contributed by atoms with Crippen LogP contribution < -0.4 is 5.32 Å². The molecule has 5 heteroatoms. The van der Waals surface area contributed by atoms with Gasteiger partial charge in [0.15, 0.2) is 0 Å². The van der Waals surface area contributed by atoms with Gasteiger partial charge in [0.25, 0.3) is 0 Å². The zero-order chi connectivity index (χ0) is 14.5. The number of para-hydroxylation sites is 2. The highest BCUT2D eigenvalue weighted by Crippen LogP contribution is 2.38. The Morgan fingerprint density at radius 3 is 2.45 bits per heavy atom. The lowest BCUT2D eigenvalue weighted by Crippen LogP contribution is -2.23. The Labute approximate surface area is 125 Å². The van der Waals surface area contributed by atoms with Gasteiger partial charge in [-0.25, -0.2) is 0 Å². The molecule has 0 fully saturated rings. The van der Waals surface area contributed by atoms with Crippen LogP contribution in [0.15, 0.2) is 46.9 Å². The van der Waals surface area contributed by atoms with Crippen molar-refractivity contribution < 1.29 is 15.3 Å². The largest absolute Gasteiger partial charge is 0.507 e. The summed E-state index contributed by atoms with van der Waals surface area (Å²) in [5.74, 6) is 0.191. The number of hydrogen-bond donors (Lipinski definition) is 4. The Bertz CT molecular complexity index is 589. The molecule has 0 aliphatic rings. The molecule has 2 rings (SSSR count). The number of phenols is 1. The van der Waals surface area contributed by atoms with Crippen LogP contribution in [-0.2, 0) is 0 Å². The number of halogens is 1. The third-order valence-corrected chi connectivity index (χ3v) is 3.59. The van der Waals surface area contributed by atoms with Gasteiger partial charge < -0.3 is 20.6 Å². The third kappa shape index (κ3) is 3.30. The molecule has 2 aromatic rings. The highest BCUT2D eigenvalue weighted by Gasteiger charge is 2.12. The van der Waals surface area contributed by atoms with Gasteiger partial charge in [-0.1, -0.05) is 30.3 Å². The molecule has 0 aliphatic heterocycles. The summed E-state index contributed by atoms with van der Waals surface area (Å²) in [6, 6.07) is 12.7. The van der Waals surface area contributed by atoms with Crippen molar-refractivity contribution in [2.45, 2.75) is 6.10 Å². The monoisotopic (exact) mass is 337 g/mol. The first-order valence-corrected chi connectivity index (χ1v) is 7.02. The van der Waals surface area contributed by atoms with Crippen molar-refractivity contribution in [3.05, 3.63) is 46.9 Å². The second-order valence-corrected chi connectivity index (χ2v) is 5.25.